The number of hydrogen-bond donors (Lipinski definition) is 2. The largest absolute Gasteiger partial charge is 0.506 e. The van der Waals surface area contributed by atoms with Crippen LogP contribution in [0, 0.1) is 0 Å². The molecule has 0 saturated heterocycles. The van der Waals surface area contributed by atoms with Gasteiger partial charge in [-0.1, -0.05) is 19.4 Å². The van der Waals surface area contributed by atoms with E-state index in [1.54, 1.807) is 30.6 Å². The molecule has 0 bridgehead atoms. The minimum absolute atomic E-state index is 0.0634. The summed E-state index contributed by atoms with van der Waals surface area (Å²) in [5.74, 6) is 0.531. The minimum atomic E-state index is -0.403. The Morgan fingerprint density at radius 1 is 0.941 bits per heavy atom. The predicted molar refractivity (Wildman–Crippen MR) is 123 cm³/mol. The van der Waals surface area contributed by atoms with E-state index in [4.69, 9.17) is 13.9 Å². The molecule has 0 radical (unpaired) electrons. The molecule has 10 nitrogen and oxygen atoms in total. The zero-order valence-corrected chi connectivity index (χ0v) is 19.1. The number of pyridine rings is 1. The molecule has 0 spiro atoms. The van der Waals surface area contributed by atoms with E-state index in [9.17, 15) is 10.2 Å². The number of aromatic hydroxyl groups is 2. The Labute approximate surface area is 196 Å². The van der Waals surface area contributed by atoms with Gasteiger partial charge in [0.15, 0.2) is 0 Å². The summed E-state index contributed by atoms with van der Waals surface area (Å²) >= 11 is 0. The first-order valence-corrected chi connectivity index (χ1v) is 10.8. The first-order valence-electron chi connectivity index (χ1n) is 10.8. The number of aromatic nitrogens is 5. The van der Waals surface area contributed by atoms with Gasteiger partial charge in [0.05, 0.1) is 37.5 Å². The summed E-state index contributed by atoms with van der Waals surface area (Å²) in [5.41, 5.74) is 2.12. The third-order valence-corrected chi connectivity index (χ3v) is 5.32. The van der Waals surface area contributed by atoms with Gasteiger partial charge in [-0.25, -0.2) is 15.0 Å². The number of benzene rings is 1. The van der Waals surface area contributed by atoms with Crippen LogP contribution in [-0.4, -0.2) is 49.6 Å². The summed E-state index contributed by atoms with van der Waals surface area (Å²) in [4.78, 5) is 12.3. The molecule has 0 aliphatic heterocycles. The lowest BCUT2D eigenvalue weighted by Gasteiger charge is -2.18. The molecular formula is C24H25N5O5. The Balaban J connectivity index is 1.87. The lowest BCUT2D eigenvalue weighted by atomic mass is 9.95. The van der Waals surface area contributed by atoms with Crippen molar-refractivity contribution in [3.05, 3.63) is 54.1 Å². The predicted octanol–water partition coefficient (Wildman–Crippen LogP) is 3.95. The van der Waals surface area contributed by atoms with E-state index in [1.165, 1.54) is 20.5 Å². The lowest BCUT2D eigenvalue weighted by Crippen LogP contribution is -2.01. The monoisotopic (exact) mass is 463 g/mol. The fourth-order valence-corrected chi connectivity index (χ4v) is 3.71. The molecular weight excluding hydrogens is 438 g/mol. The van der Waals surface area contributed by atoms with E-state index in [1.807, 2.05) is 0 Å². The molecule has 4 aromatic rings. The van der Waals surface area contributed by atoms with Crippen LogP contribution in [-0.2, 0) is 12.8 Å². The van der Waals surface area contributed by atoms with Gasteiger partial charge in [-0.05, 0) is 30.5 Å². The summed E-state index contributed by atoms with van der Waals surface area (Å²) in [6, 6.07) is 5.32. The van der Waals surface area contributed by atoms with Crippen molar-refractivity contribution in [1.82, 2.24) is 25.1 Å². The average Bonchev–Trinajstić information content (AvgIpc) is 3.30. The number of methoxy groups -OCH3 is 2. The molecule has 3 heterocycles. The highest BCUT2D eigenvalue weighted by molar-refractivity contribution is 5.88. The quantitative estimate of drug-likeness (QED) is 0.375. The number of ether oxygens (including phenoxy) is 2. The molecule has 10 heteroatoms. The third-order valence-electron chi connectivity index (χ3n) is 5.32. The smallest absolute Gasteiger partial charge is 0.257 e. The number of unbranched alkanes of at least 4 members (excludes halogenated alkanes) is 1. The van der Waals surface area contributed by atoms with Gasteiger partial charge in [-0.2, -0.15) is 0 Å². The highest BCUT2D eigenvalue weighted by Crippen LogP contribution is 2.49. The molecule has 3 aromatic heterocycles. The van der Waals surface area contributed by atoms with Crippen molar-refractivity contribution in [3.63, 3.8) is 0 Å². The molecule has 0 aliphatic carbocycles. The normalized spacial score (nSPS) is 10.9. The Kier molecular flexibility index (Phi) is 6.86. The Morgan fingerprint density at radius 2 is 1.65 bits per heavy atom. The van der Waals surface area contributed by atoms with Gasteiger partial charge < -0.3 is 24.1 Å². The van der Waals surface area contributed by atoms with Crippen LogP contribution >= 0.6 is 0 Å². The molecule has 0 aliphatic rings. The summed E-state index contributed by atoms with van der Waals surface area (Å²) in [7, 11) is 3.07. The highest BCUT2D eigenvalue weighted by atomic mass is 16.5. The Bertz CT molecular complexity index is 1250. The molecule has 1 aromatic carbocycles. The zero-order valence-electron chi connectivity index (χ0n) is 19.1. The second kappa shape index (κ2) is 10.2. The lowest BCUT2D eigenvalue weighted by molar-refractivity contribution is 0.395. The van der Waals surface area contributed by atoms with Crippen molar-refractivity contribution in [1.29, 1.82) is 0 Å². The molecule has 0 atom stereocenters. The van der Waals surface area contributed by atoms with Crippen LogP contribution in [0.2, 0.25) is 0 Å². The SMILES string of the molecule is CCCCc1nc(O)c(-c2nnc(Cc3cncnc3)o2)c(O)c1-c1c(OC)cccc1OC. The maximum atomic E-state index is 11.4. The number of nitrogens with zero attached hydrogens (tertiary/aromatic N) is 5. The molecule has 0 fully saturated rings. The topological polar surface area (TPSA) is 137 Å². The standard InChI is InChI=1S/C24H25N5O5/c1-4-5-7-15-19(20-16(32-2)8-6-9-17(20)33-3)22(30)21(23(31)27-15)24-29-28-18(34-24)10-14-11-25-13-26-12-14/h6,8-9,11-13H,4-5,7,10H2,1-3H3,(H2,27,30,31). The average molecular weight is 463 g/mol. The van der Waals surface area contributed by atoms with Crippen LogP contribution in [0.1, 0.15) is 36.9 Å². The summed E-state index contributed by atoms with van der Waals surface area (Å²) in [6.45, 7) is 2.05. The molecule has 4 rings (SSSR count). The summed E-state index contributed by atoms with van der Waals surface area (Å²) < 4.78 is 16.9. The molecule has 0 amide bonds. The first kappa shape index (κ1) is 23.0. The van der Waals surface area contributed by atoms with Gasteiger partial charge in [-0.3, -0.25) is 0 Å². The van der Waals surface area contributed by atoms with Crippen molar-refractivity contribution in [2.75, 3.05) is 14.2 Å². The first-order chi connectivity index (χ1) is 16.6. The Morgan fingerprint density at radius 3 is 2.29 bits per heavy atom. The summed E-state index contributed by atoms with van der Waals surface area (Å²) in [5, 5.41) is 30.3. The van der Waals surface area contributed by atoms with Gasteiger partial charge in [0.1, 0.15) is 29.1 Å². The van der Waals surface area contributed by atoms with Crippen molar-refractivity contribution < 1.29 is 24.1 Å². The van der Waals surface area contributed by atoms with E-state index in [0.29, 0.717) is 41.2 Å². The van der Waals surface area contributed by atoms with E-state index in [2.05, 4.69) is 32.1 Å². The fourth-order valence-electron chi connectivity index (χ4n) is 3.71. The number of rotatable bonds is 9. The number of aryl methyl sites for hydroxylation is 1. The van der Waals surface area contributed by atoms with Gasteiger partial charge in [0, 0.05) is 12.4 Å². The van der Waals surface area contributed by atoms with Crippen molar-refractivity contribution in [3.8, 4) is 45.7 Å². The molecule has 2 N–H and O–H groups in total. The van der Waals surface area contributed by atoms with Crippen LogP contribution in [0.15, 0.2) is 41.3 Å². The van der Waals surface area contributed by atoms with Crippen LogP contribution in [0.3, 0.4) is 0 Å². The highest BCUT2D eigenvalue weighted by Gasteiger charge is 2.28. The van der Waals surface area contributed by atoms with Gasteiger partial charge in [-0.15, -0.1) is 10.2 Å². The van der Waals surface area contributed by atoms with E-state index in [0.717, 1.165) is 18.4 Å². The van der Waals surface area contributed by atoms with Crippen molar-refractivity contribution >= 4 is 0 Å². The second-order valence-corrected chi connectivity index (χ2v) is 7.55. The summed E-state index contributed by atoms with van der Waals surface area (Å²) in [6.07, 6.45) is 7.24. The van der Waals surface area contributed by atoms with E-state index < -0.39 is 5.88 Å². The Hall–Kier alpha value is -4.21. The van der Waals surface area contributed by atoms with E-state index in [-0.39, 0.29) is 23.1 Å². The van der Waals surface area contributed by atoms with E-state index >= 15 is 0 Å². The second-order valence-electron chi connectivity index (χ2n) is 7.55. The number of hydrogen-bond acceptors (Lipinski definition) is 10. The van der Waals surface area contributed by atoms with Crippen molar-refractivity contribution in [2.45, 2.75) is 32.6 Å². The van der Waals surface area contributed by atoms with Crippen molar-refractivity contribution in [2.24, 2.45) is 0 Å². The zero-order chi connectivity index (χ0) is 24.1. The molecule has 176 valence electrons. The molecule has 0 saturated carbocycles. The van der Waals surface area contributed by atoms with Crippen LogP contribution < -0.4 is 9.47 Å². The fraction of sp³-hybridized carbons (Fsp3) is 0.292. The maximum absolute atomic E-state index is 11.4. The van der Waals surface area contributed by atoms with Gasteiger partial charge >= 0.3 is 0 Å². The van der Waals surface area contributed by atoms with Gasteiger partial charge in [0.2, 0.25) is 11.8 Å². The third kappa shape index (κ3) is 4.47. The van der Waals surface area contributed by atoms with Crippen LogP contribution in [0.5, 0.6) is 23.1 Å². The van der Waals surface area contributed by atoms with Crippen LogP contribution in [0.4, 0.5) is 0 Å². The van der Waals surface area contributed by atoms with Crippen LogP contribution in [0.25, 0.3) is 22.6 Å². The molecule has 34 heavy (non-hydrogen) atoms. The minimum Gasteiger partial charge on any atom is -0.506 e. The van der Waals surface area contributed by atoms with Gasteiger partial charge in [0.25, 0.3) is 5.89 Å². The molecule has 0 unspecified atom stereocenters. The maximum Gasteiger partial charge on any atom is 0.257 e.